The van der Waals surface area contributed by atoms with E-state index in [0.29, 0.717) is 47.7 Å². The van der Waals surface area contributed by atoms with Crippen LogP contribution in [0.15, 0.2) is 18.2 Å². The molecular weight excluding hydrogens is 376 g/mol. The van der Waals surface area contributed by atoms with E-state index >= 15 is 0 Å². The summed E-state index contributed by atoms with van der Waals surface area (Å²) in [6.07, 6.45) is 0.905. The zero-order valence-corrected chi connectivity index (χ0v) is 17.9. The summed E-state index contributed by atoms with van der Waals surface area (Å²) in [5, 5.41) is 3.14. The Morgan fingerprint density at radius 2 is 2.00 bits per heavy atom. The lowest BCUT2D eigenvalue weighted by molar-refractivity contribution is -0.116. The van der Waals surface area contributed by atoms with Gasteiger partial charge in [-0.1, -0.05) is 31.3 Å². The number of nitrogens with zero attached hydrogens (tertiary/aromatic N) is 1. The van der Waals surface area contributed by atoms with Crippen LogP contribution in [-0.2, 0) is 9.53 Å². The third-order valence-electron chi connectivity index (χ3n) is 4.18. The van der Waals surface area contributed by atoms with Crippen LogP contribution in [0.5, 0.6) is 5.75 Å². The number of hydrogen-bond acceptors (Lipinski definition) is 6. The number of hydrogen-bond donors (Lipinski definition) is 1. The Balaban J connectivity index is 1.78. The van der Waals surface area contributed by atoms with Crippen LogP contribution in [0.25, 0.3) is 0 Å². The molecule has 0 aliphatic carbocycles. The topological polar surface area (TPSA) is 77.5 Å². The number of nitrogens with one attached hydrogen (secondary N) is 1. The second-order valence-electron chi connectivity index (χ2n) is 6.83. The maximum atomic E-state index is 12.1. The van der Waals surface area contributed by atoms with Gasteiger partial charge < -0.3 is 14.8 Å². The number of aromatic nitrogens is 1. The zero-order valence-electron chi connectivity index (χ0n) is 17.1. The van der Waals surface area contributed by atoms with E-state index in [9.17, 15) is 9.59 Å². The first-order chi connectivity index (χ1) is 13.3. The standard InChI is InChI=1S/C21H28N2O4S/c1-6-26-20(25)19-15(5)22-21(28-19)23-18(24)8-7-11-27-16-9-10-17(13(2)3)14(4)12-16/h9-10,12-13H,6-8,11H2,1-5H3,(H,22,23,24). The van der Waals surface area contributed by atoms with Gasteiger partial charge in [0.25, 0.3) is 0 Å². The van der Waals surface area contributed by atoms with Gasteiger partial charge in [0.15, 0.2) is 5.13 Å². The minimum absolute atomic E-state index is 0.154. The largest absolute Gasteiger partial charge is 0.494 e. The molecule has 0 saturated heterocycles. The van der Waals surface area contributed by atoms with Crippen LogP contribution in [0.4, 0.5) is 5.13 Å². The molecule has 0 atom stereocenters. The van der Waals surface area contributed by atoms with Gasteiger partial charge in [0.1, 0.15) is 10.6 Å². The van der Waals surface area contributed by atoms with Gasteiger partial charge in [-0.2, -0.15) is 0 Å². The highest BCUT2D eigenvalue weighted by molar-refractivity contribution is 7.17. The molecule has 0 aliphatic rings. The highest BCUT2D eigenvalue weighted by Gasteiger charge is 2.17. The molecule has 1 aromatic heterocycles. The Morgan fingerprint density at radius 1 is 1.25 bits per heavy atom. The molecule has 28 heavy (non-hydrogen) atoms. The van der Waals surface area contributed by atoms with Crippen LogP contribution in [0, 0.1) is 13.8 Å². The number of anilines is 1. The van der Waals surface area contributed by atoms with Crippen LogP contribution < -0.4 is 10.1 Å². The van der Waals surface area contributed by atoms with Gasteiger partial charge in [0.2, 0.25) is 5.91 Å². The minimum Gasteiger partial charge on any atom is -0.494 e. The van der Waals surface area contributed by atoms with E-state index in [0.717, 1.165) is 17.1 Å². The first-order valence-electron chi connectivity index (χ1n) is 9.49. The number of aryl methyl sites for hydroxylation is 2. The average molecular weight is 405 g/mol. The van der Waals surface area contributed by atoms with Crippen molar-refractivity contribution in [2.45, 2.75) is 53.4 Å². The summed E-state index contributed by atoms with van der Waals surface area (Å²) >= 11 is 1.13. The second-order valence-corrected chi connectivity index (χ2v) is 7.83. The van der Waals surface area contributed by atoms with E-state index in [1.165, 1.54) is 11.1 Å². The third-order valence-corrected chi connectivity index (χ3v) is 5.24. The fraction of sp³-hybridized carbons (Fsp3) is 0.476. The smallest absolute Gasteiger partial charge is 0.350 e. The number of ether oxygens (including phenoxy) is 2. The molecule has 0 radical (unpaired) electrons. The highest BCUT2D eigenvalue weighted by atomic mass is 32.1. The third kappa shape index (κ3) is 6.05. The summed E-state index contributed by atoms with van der Waals surface area (Å²) in [5.41, 5.74) is 3.08. The fourth-order valence-corrected chi connectivity index (χ4v) is 3.70. The maximum Gasteiger partial charge on any atom is 0.350 e. The van der Waals surface area contributed by atoms with Crippen molar-refractivity contribution in [3.05, 3.63) is 39.9 Å². The molecule has 1 heterocycles. The SMILES string of the molecule is CCOC(=O)c1sc(NC(=O)CCCOc2ccc(C(C)C)c(C)c2)nc1C. The number of benzene rings is 1. The summed E-state index contributed by atoms with van der Waals surface area (Å²) in [5.74, 6) is 0.734. The van der Waals surface area contributed by atoms with Crippen molar-refractivity contribution in [3.8, 4) is 5.75 Å². The van der Waals surface area contributed by atoms with E-state index in [2.05, 4.69) is 37.1 Å². The van der Waals surface area contributed by atoms with Crippen molar-refractivity contribution >= 4 is 28.3 Å². The molecule has 7 heteroatoms. The van der Waals surface area contributed by atoms with Crippen molar-refractivity contribution in [1.29, 1.82) is 0 Å². The molecule has 0 unspecified atom stereocenters. The summed E-state index contributed by atoms with van der Waals surface area (Å²) in [6, 6.07) is 6.09. The van der Waals surface area contributed by atoms with Gasteiger partial charge in [0, 0.05) is 6.42 Å². The first-order valence-corrected chi connectivity index (χ1v) is 10.3. The molecule has 1 aromatic carbocycles. The molecule has 0 bridgehead atoms. The molecule has 1 N–H and O–H groups in total. The van der Waals surface area contributed by atoms with Gasteiger partial charge in [-0.3, -0.25) is 4.79 Å². The lowest BCUT2D eigenvalue weighted by atomic mass is 9.98. The normalized spacial score (nSPS) is 10.8. The van der Waals surface area contributed by atoms with Gasteiger partial charge >= 0.3 is 5.97 Å². The predicted molar refractivity (Wildman–Crippen MR) is 111 cm³/mol. The van der Waals surface area contributed by atoms with Crippen molar-refractivity contribution in [2.24, 2.45) is 0 Å². The monoisotopic (exact) mass is 404 g/mol. The van der Waals surface area contributed by atoms with E-state index in [-0.39, 0.29) is 5.91 Å². The van der Waals surface area contributed by atoms with E-state index in [1.54, 1.807) is 13.8 Å². The Kier molecular flexibility index (Phi) is 7.99. The first kappa shape index (κ1) is 21.9. The Bertz CT molecular complexity index is 830. The average Bonchev–Trinajstić information content (AvgIpc) is 2.99. The van der Waals surface area contributed by atoms with Crippen molar-refractivity contribution in [2.75, 3.05) is 18.5 Å². The van der Waals surface area contributed by atoms with E-state index < -0.39 is 5.97 Å². The lowest BCUT2D eigenvalue weighted by Crippen LogP contribution is -2.12. The number of esters is 1. The summed E-state index contributed by atoms with van der Waals surface area (Å²) in [7, 11) is 0. The number of thiazole rings is 1. The van der Waals surface area contributed by atoms with Crippen LogP contribution >= 0.6 is 11.3 Å². The van der Waals surface area contributed by atoms with Gasteiger partial charge in [-0.05, 0) is 56.4 Å². The van der Waals surface area contributed by atoms with Crippen molar-refractivity contribution < 1.29 is 19.1 Å². The van der Waals surface area contributed by atoms with E-state index in [4.69, 9.17) is 9.47 Å². The van der Waals surface area contributed by atoms with E-state index in [1.807, 2.05) is 12.1 Å². The molecule has 0 spiro atoms. The molecule has 1 amide bonds. The summed E-state index contributed by atoms with van der Waals surface area (Å²) in [4.78, 5) is 28.5. The number of carbonyl (C=O) groups is 2. The number of amides is 1. The quantitative estimate of drug-likeness (QED) is 0.477. The Morgan fingerprint density at radius 3 is 2.64 bits per heavy atom. The van der Waals surface area contributed by atoms with Gasteiger partial charge in [-0.25, -0.2) is 9.78 Å². The van der Waals surface area contributed by atoms with Crippen LogP contribution in [0.1, 0.15) is 66.0 Å². The number of rotatable bonds is 9. The summed E-state index contributed by atoms with van der Waals surface area (Å²) in [6.45, 7) is 10.6. The molecule has 0 fully saturated rings. The predicted octanol–water partition coefficient (Wildman–Crippen LogP) is 4.86. The molecule has 6 nitrogen and oxygen atoms in total. The Hall–Kier alpha value is -2.41. The minimum atomic E-state index is -0.412. The fourth-order valence-electron chi connectivity index (χ4n) is 2.83. The van der Waals surface area contributed by atoms with Crippen LogP contribution in [0.2, 0.25) is 0 Å². The summed E-state index contributed by atoms with van der Waals surface area (Å²) < 4.78 is 10.7. The maximum absolute atomic E-state index is 12.1. The second kappa shape index (κ2) is 10.2. The van der Waals surface area contributed by atoms with Crippen LogP contribution in [-0.4, -0.2) is 30.1 Å². The van der Waals surface area contributed by atoms with Gasteiger partial charge in [-0.15, -0.1) is 0 Å². The Labute approximate surface area is 170 Å². The molecule has 2 aromatic rings. The molecule has 0 aliphatic heterocycles. The highest BCUT2D eigenvalue weighted by Crippen LogP contribution is 2.25. The molecule has 2 rings (SSSR count). The van der Waals surface area contributed by atoms with Crippen LogP contribution in [0.3, 0.4) is 0 Å². The zero-order chi connectivity index (χ0) is 20.7. The van der Waals surface area contributed by atoms with Crippen molar-refractivity contribution in [3.63, 3.8) is 0 Å². The molecule has 152 valence electrons. The van der Waals surface area contributed by atoms with Crippen molar-refractivity contribution in [1.82, 2.24) is 4.98 Å². The number of carbonyl (C=O) groups excluding carboxylic acids is 2. The lowest BCUT2D eigenvalue weighted by Gasteiger charge is -2.12. The molecule has 0 saturated carbocycles. The van der Waals surface area contributed by atoms with Gasteiger partial charge in [0.05, 0.1) is 18.9 Å². The molecular formula is C21H28N2O4S.